The van der Waals surface area contributed by atoms with Crippen LogP contribution in [0.25, 0.3) is 0 Å². The molecule has 0 aromatic heterocycles. The van der Waals surface area contributed by atoms with Crippen molar-refractivity contribution in [2.75, 3.05) is 6.54 Å². The number of hydrogen-bond acceptors (Lipinski definition) is 2. The Hall–Kier alpha value is -0.740. The molecule has 5 heteroatoms. The van der Waals surface area contributed by atoms with Crippen LogP contribution in [0.3, 0.4) is 0 Å². The van der Waals surface area contributed by atoms with Crippen molar-refractivity contribution in [2.24, 2.45) is 5.92 Å². The highest BCUT2D eigenvalue weighted by atomic mass is 79.9. The third kappa shape index (κ3) is 4.11. The Balaban J connectivity index is 1.87. The van der Waals surface area contributed by atoms with E-state index in [9.17, 15) is 9.90 Å². The number of hydrogen-bond donors (Lipinski definition) is 2. The molecule has 1 aromatic carbocycles. The Morgan fingerprint density at radius 1 is 1.37 bits per heavy atom. The minimum Gasteiger partial charge on any atom is -0.507 e. The van der Waals surface area contributed by atoms with Crippen molar-refractivity contribution in [3.63, 3.8) is 0 Å². The number of aromatic hydroxyl groups is 1. The van der Waals surface area contributed by atoms with Gasteiger partial charge < -0.3 is 10.4 Å². The van der Waals surface area contributed by atoms with Crippen molar-refractivity contribution in [1.82, 2.24) is 5.32 Å². The van der Waals surface area contributed by atoms with Crippen LogP contribution < -0.4 is 5.32 Å². The van der Waals surface area contributed by atoms with Crippen LogP contribution in [0.2, 0.25) is 0 Å². The van der Waals surface area contributed by atoms with Gasteiger partial charge in [0.15, 0.2) is 0 Å². The zero-order valence-electron chi connectivity index (χ0n) is 10.5. The van der Waals surface area contributed by atoms with Gasteiger partial charge in [0.25, 0.3) is 5.91 Å². The zero-order valence-corrected chi connectivity index (χ0v) is 12.9. The first-order valence-corrected chi connectivity index (χ1v) is 7.70. The first-order chi connectivity index (χ1) is 9.06. The highest BCUT2D eigenvalue weighted by molar-refractivity contribution is 9.10. The fourth-order valence-electron chi connectivity index (χ4n) is 2.35. The van der Waals surface area contributed by atoms with Gasteiger partial charge in [-0.25, -0.2) is 0 Å². The summed E-state index contributed by atoms with van der Waals surface area (Å²) < 4.78 is 0.752. The molecule has 0 unspecified atom stereocenters. The van der Waals surface area contributed by atoms with E-state index in [1.807, 2.05) is 0 Å². The number of rotatable bonds is 3. The minimum absolute atomic E-state index is 0.00339. The molecule has 3 nitrogen and oxygen atoms in total. The molecule has 19 heavy (non-hydrogen) atoms. The molecule has 0 atom stereocenters. The molecule has 1 fully saturated rings. The highest BCUT2D eigenvalue weighted by Gasteiger charge is 2.20. The van der Waals surface area contributed by atoms with E-state index >= 15 is 0 Å². The molecular formula is C14H17BrClNO2. The smallest absolute Gasteiger partial charge is 0.255 e. The van der Waals surface area contributed by atoms with Gasteiger partial charge in [0.05, 0.1) is 5.56 Å². The number of halogens is 2. The number of carbonyl (C=O) groups is 1. The summed E-state index contributed by atoms with van der Waals surface area (Å²) in [6.45, 7) is 0.651. The van der Waals surface area contributed by atoms with Gasteiger partial charge in [0.2, 0.25) is 0 Å². The molecule has 0 radical (unpaired) electrons. The van der Waals surface area contributed by atoms with Crippen molar-refractivity contribution in [3.05, 3.63) is 28.2 Å². The SMILES string of the molecule is O=C(NCC1CCC(Cl)CC1)c1ccc(Br)cc1O. The maximum atomic E-state index is 12.0. The molecule has 1 amide bonds. The molecule has 0 spiro atoms. The highest BCUT2D eigenvalue weighted by Crippen LogP contribution is 2.27. The number of benzene rings is 1. The average molecular weight is 347 g/mol. The lowest BCUT2D eigenvalue weighted by molar-refractivity contribution is 0.0941. The van der Waals surface area contributed by atoms with Gasteiger partial charge in [-0.15, -0.1) is 11.6 Å². The van der Waals surface area contributed by atoms with E-state index < -0.39 is 0 Å². The summed E-state index contributed by atoms with van der Waals surface area (Å²) in [5, 5.41) is 12.9. The molecule has 1 aliphatic rings. The first kappa shape index (κ1) is 14.7. The molecule has 2 rings (SSSR count). The van der Waals surface area contributed by atoms with Crippen LogP contribution in [0.1, 0.15) is 36.0 Å². The average Bonchev–Trinajstić information content (AvgIpc) is 2.37. The topological polar surface area (TPSA) is 49.3 Å². The fraction of sp³-hybridized carbons (Fsp3) is 0.500. The van der Waals surface area contributed by atoms with E-state index in [0.29, 0.717) is 23.4 Å². The summed E-state index contributed by atoms with van der Waals surface area (Å²) in [5.41, 5.74) is 0.314. The van der Waals surface area contributed by atoms with Gasteiger partial charge in [-0.2, -0.15) is 0 Å². The summed E-state index contributed by atoms with van der Waals surface area (Å²) in [7, 11) is 0. The van der Waals surface area contributed by atoms with E-state index in [2.05, 4.69) is 21.2 Å². The van der Waals surface area contributed by atoms with Crippen LogP contribution in [-0.4, -0.2) is 22.9 Å². The molecule has 0 bridgehead atoms. The lowest BCUT2D eigenvalue weighted by Gasteiger charge is -2.25. The standard InChI is InChI=1S/C14H17BrClNO2/c15-10-3-6-12(13(18)7-10)14(19)17-8-9-1-4-11(16)5-2-9/h3,6-7,9,11,18H,1-2,4-5,8H2,(H,17,19). The van der Waals surface area contributed by atoms with Crippen molar-refractivity contribution in [3.8, 4) is 5.75 Å². The van der Waals surface area contributed by atoms with E-state index in [0.717, 1.165) is 30.2 Å². The van der Waals surface area contributed by atoms with Gasteiger partial charge in [0, 0.05) is 16.4 Å². The van der Waals surface area contributed by atoms with E-state index in [-0.39, 0.29) is 11.7 Å². The zero-order chi connectivity index (χ0) is 13.8. The van der Waals surface area contributed by atoms with E-state index in [1.54, 1.807) is 12.1 Å². The number of amides is 1. The third-order valence-electron chi connectivity index (χ3n) is 3.53. The summed E-state index contributed by atoms with van der Waals surface area (Å²) in [5.74, 6) is 0.269. The maximum absolute atomic E-state index is 12.0. The monoisotopic (exact) mass is 345 g/mol. The summed E-state index contributed by atoms with van der Waals surface area (Å²) in [6.07, 6.45) is 4.15. The molecule has 2 N–H and O–H groups in total. The lowest BCUT2D eigenvalue weighted by Crippen LogP contribution is -2.31. The van der Waals surface area contributed by atoms with E-state index in [4.69, 9.17) is 11.6 Å². The van der Waals surface area contributed by atoms with Crippen LogP contribution in [-0.2, 0) is 0 Å². The molecule has 1 aliphatic carbocycles. The van der Waals surface area contributed by atoms with Crippen LogP contribution in [0, 0.1) is 5.92 Å². The maximum Gasteiger partial charge on any atom is 0.255 e. The van der Waals surface area contributed by atoms with Gasteiger partial charge in [-0.1, -0.05) is 15.9 Å². The van der Waals surface area contributed by atoms with Crippen LogP contribution in [0.5, 0.6) is 5.75 Å². The second-order valence-corrected chi connectivity index (χ2v) is 6.52. The van der Waals surface area contributed by atoms with Crippen LogP contribution >= 0.6 is 27.5 Å². The molecule has 1 saturated carbocycles. The largest absolute Gasteiger partial charge is 0.507 e. The second kappa shape index (κ2) is 6.62. The van der Waals surface area contributed by atoms with Crippen molar-refractivity contribution >= 4 is 33.4 Å². The Bertz CT molecular complexity index is 459. The quantitative estimate of drug-likeness (QED) is 0.820. The van der Waals surface area contributed by atoms with Crippen molar-refractivity contribution < 1.29 is 9.90 Å². The fourth-order valence-corrected chi connectivity index (χ4v) is 2.96. The molecular weight excluding hydrogens is 330 g/mol. The Morgan fingerprint density at radius 3 is 2.68 bits per heavy atom. The van der Waals surface area contributed by atoms with Crippen molar-refractivity contribution in [2.45, 2.75) is 31.1 Å². The van der Waals surface area contributed by atoms with Gasteiger partial charge in [-0.05, 0) is 49.8 Å². The first-order valence-electron chi connectivity index (χ1n) is 6.47. The van der Waals surface area contributed by atoms with E-state index in [1.165, 1.54) is 6.07 Å². The Morgan fingerprint density at radius 2 is 2.05 bits per heavy atom. The summed E-state index contributed by atoms with van der Waals surface area (Å²) in [6, 6.07) is 4.88. The number of phenols is 1. The van der Waals surface area contributed by atoms with Gasteiger partial charge >= 0.3 is 0 Å². The minimum atomic E-state index is -0.224. The van der Waals surface area contributed by atoms with Gasteiger partial charge in [0.1, 0.15) is 5.75 Å². The molecule has 0 aliphatic heterocycles. The number of alkyl halides is 1. The molecule has 1 aromatic rings. The molecule has 104 valence electrons. The second-order valence-electron chi connectivity index (χ2n) is 4.99. The van der Waals surface area contributed by atoms with Crippen molar-refractivity contribution in [1.29, 1.82) is 0 Å². The summed E-state index contributed by atoms with van der Waals surface area (Å²) >= 11 is 9.30. The Kier molecular flexibility index (Phi) is 5.11. The lowest BCUT2D eigenvalue weighted by atomic mass is 9.89. The van der Waals surface area contributed by atoms with Crippen LogP contribution in [0.4, 0.5) is 0 Å². The predicted octanol–water partition coefficient (Wildman–Crippen LogP) is 3.68. The van der Waals surface area contributed by atoms with Crippen LogP contribution in [0.15, 0.2) is 22.7 Å². The summed E-state index contributed by atoms with van der Waals surface area (Å²) in [4.78, 5) is 12.0. The normalized spacial score (nSPS) is 23.1. The predicted molar refractivity (Wildman–Crippen MR) is 79.7 cm³/mol. The number of phenolic OH excluding ortho intramolecular Hbond substituents is 1. The molecule has 0 heterocycles. The Labute approximate surface area is 126 Å². The third-order valence-corrected chi connectivity index (χ3v) is 4.46. The number of carbonyl (C=O) groups excluding carboxylic acids is 1. The van der Waals surface area contributed by atoms with Gasteiger partial charge in [-0.3, -0.25) is 4.79 Å². The number of nitrogens with one attached hydrogen (secondary N) is 1. The molecule has 0 saturated heterocycles.